The Bertz CT molecular complexity index is 172. The first kappa shape index (κ1) is 7.51. The van der Waals surface area contributed by atoms with E-state index in [-0.39, 0.29) is 0 Å². The Morgan fingerprint density at radius 1 is 1.56 bits per heavy atom. The van der Waals surface area contributed by atoms with Gasteiger partial charge in [-0.15, -0.1) is 0 Å². The van der Waals surface area contributed by atoms with Crippen molar-refractivity contribution in [3.63, 3.8) is 0 Å². The lowest BCUT2D eigenvalue weighted by molar-refractivity contribution is 1.12. The fourth-order valence-electron chi connectivity index (χ4n) is 0.345. The van der Waals surface area contributed by atoms with Crippen molar-refractivity contribution >= 4 is 0 Å². The van der Waals surface area contributed by atoms with Gasteiger partial charge in [-0.2, -0.15) is 5.26 Å². The minimum absolute atomic E-state index is 0.444. The molecular weight excluding hydrogens is 112 g/mol. The summed E-state index contributed by atoms with van der Waals surface area (Å²) in [6.07, 6.45) is 4.55. The molecule has 0 fully saturated rings. The number of nitriles is 1. The van der Waals surface area contributed by atoms with E-state index in [1.165, 1.54) is 12.3 Å². The summed E-state index contributed by atoms with van der Waals surface area (Å²) < 4.78 is 0. The maximum absolute atomic E-state index is 8.31. The molecule has 0 bridgehead atoms. The van der Waals surface area contributed by atoms with Crippen LogP contribution in [0.3, 0.4) is 0 Å². The summed E-state index contributed by atoms with van der Waals surface area (Å²) >= 11 is 0. The number of nitrogens with zero attached hydrogens (tertiary/aromatic N) is 1. The van der Waals surface area contributed by atoms with Crippen LogP contribution in [0.1, 0.15) is 0 Å². The largest absolute Gasteiger partial charge is 0.354 e. The average Bonchev–Trinajstić information content (AvgIpc) is 1.88. The Balaban J connectivity index is 4.00. The van der Waals surface area contributed by atoms with Gasteiger partial charge in [0.25, 0.3) is 0 Å². The molecule has 0 saturated carbocycles. The predicted octanol–water partition coefficient (Wildman–Crippen LogP) is 1.31. The van der Waals surface area contributed by atoms with Crippen LogP contribution in [0, 0.1) is 11.3 Å². The second kappa shape index (κ2) is 4.66. The zero-order chi connectivity index (χ0) is 7.11. The van der Waals surface area contributed by atoms with Gasteiger partial charge in [0.15, 0.2) is 0 Å². The summed E-state index contributed by atoms with van der Waals surface area (Å²) in [5, 5.41) is 10.9. The summed E-state index contributed by atoms with van der Waals surface area (Å²) in [6, 6.07) is 1.91. The molecular formula is C7H8N2. The number of rotatable bonds is 3. The maximum Gasteiger partial charge on any atom is 0.117 e. The molecule has 0 spiro atoms. The van der Waals surface area contributed by atoms with Crippen LogP contribution in [-0.4, -0.2) is 0 Å². The van der Waals surface area contributed by atoms with Gasteiger partial charge < -0.3 is 5.32 Å². The lowest BCUT2D eigenvalue weighted by Crippen LogP contribution is -2.00. The predicted molar refractivity (Wildman–Crippen MR) is 37.2 cm³/mol. The molecule has 0 saturated heterocycles. The highest BCUT2D eigenvalue weighted by atomic mass is 14.8. The van der Waals surface area contributed by atoms with Gasteiger partial charge >= 0.3 is 0 Å². The summed E-state index contributed by atoms with van der Waals surface area (Å²) in [7, 11) is 0. The second-order valence-electron chi connectivity index (χ2n) is 1.28. The Morgan fingerprint density at radius 2 is 2.22 bits per heavy atom. The molecule has 0 aliphatic rings. The number of allylic oxidation sites excluding steroid dienone is 3. The number of nitrogens with one attached hydrogen (secondary N) is 1. The van der Waals surface area contributed by atoms with E-state index in [9.17, 15) is 0 Å². The lowest BCUT2D eigenvalue weighted by Gasteiger charge is -1.90. The summed E-state index contributed by atoms with van der Waals surface area (Å²) in [6.45, 7) is 6.82. The van der Waals surface area contributed by atoms with Crippen molar-refractivity contribution < 1.29 is 0 Å². The summed E-state index contributed by atoms with van der Waals surface area (Å²) in [5.74, 6) is 0. The highest BCUT2D eigenvalue weighted by Gasteiger charge is 1.83. The molecule has 0 aliphatic heterocycles. The van der Waals surface area contributed by atoms with Gasteiger partial charge in [0.05, 0.1) is 0 Å². The summed E-state index contributed by atoms with van der Waals surface area (Å²) in [4.78, 5) is 0. The molecule has 0 rings (SSSR count). The number of hydrogen-bond acceptors (Lipinski definition) is 2. The van der Waals surface area contributed by atoms with Crippen LogP contribution < -0.4 is 5.32 Å². The Morgan fingerprint density at radius 3 is 2.56 bits per heavy atom. The van der Waals surface area contributed by atoms with Gasteiger partial charge in [0, 0.05) is 0 Å². The highest BCUT2D eigenvalue weighted by molar-refractivity contribution is 5.23. The zero-order valence-electron chi connectivity index (χ0n) is 5.09. The van der Waals surface area contributed by atoms with Crippen molar-refractivity contribution in [3.8, 4) is 6.07 Å². The molecule has 0 aliphatic carbocycles. The van der Waals surface area contributed by atoms with Gasteiger partial charge in [-0.05, 0) is 12.3 Å². The minimum Gasteiger partial charge on any atom is -0.354 e. The van der Waals surface area contributed by atoms with Crippen LogP contribution in [0.25, 0.3) is 0 Å². The number of hydrogen-bond donors (Lipinski definition) is 1. The molecule has 9 heavy (non-hydrogen) atoms. The van der Waals surface area contributed by atoms with Crippen LogP contribution in [0.2, 0.25) is 0 Å². The molecule has 0 heterocycles. The van der Waals surface area contributed by atoms with E-state index >= 15 is 0 Å². The fraction of sp³-hybridized carbons (Fsp3) is 0. The normalized spacial score (nSPS) is 9.44. The van der Waals surface area contributed by atoms with Crippen molar-refractivity contribution in [2.75, 3.05) is 0 Å². The van der Waals surface area contributed by atoms with Crippen molar-refractivity contribution in [3.05, 3.63) is 37.2 Å². The van der Waals surface area contributed by atoms with Crippen molar-refractivity contribution in [1.82, 2.24) is 5.32 Å². The third-order valence-electron chi connectivity index (χ3n) is 0.663. The SMILES string of the molecule is C=C/C=C(/C#N)NC=C. The van der Waals surface area contributed by atoms with Crippen LogP contribution in [0.5, 0.6) is 0 Å². The molecule has 0 aromatic heterocycles. The van der Waals surface area contributed by atoms with E-state index in [1.54, 1.807) is 6.08 Å². The van der Waals surface area contributed by atoms with E-state index in [2.05, 4.69) is 18.5 Å². The molecule has 0 aromatic rings. The Kier molecular flexibility index (Phi) is 3.89. The molecule has 0 amide bonds. The van der Waals surface area contributed by atoms with Crippen LogP contribution >= 0.6 is 0 Å². The smallest absolute Gasteiger partial charge is 0.117 e. The molecule has 46 valence electrons. The van der Waals surface area contributed by atoms with E-state index < -0.39 is 0 Å². The first-order valence-corrected chi connectivity index (χ1v) is 2.45. The van der Waals surface area contributed by atoms with Crippen molar-refractivity contribution in [2.45, 2.75) is 0 Å². The monoisotopic (exact) mass is 120 g/mol. The third-order valence-corrected chi connectivity index (χ3v) is 0.663. The van der Waals surface area contributed by atoms with Gasteiger partial charge in [-0.1, -0.05) is 19.2 Å². The van der Waals surface area contributed by atoms with Gasteiger partial charge in [-0.3, -0.25) is 0 Å². The van der Waals surface area contributed by atoms with E-state index in [0.717, 1.165) is 0 Å². The first-order chi connectivity index (χ1) is 4.35. The van der Waals surface area contributed by atoms with Crippen LogP contribution in [0.4, 0.5) is 0 Å². The van der Waals surface area contributed by atoms with E-state index in [1.807, 2.05) is 6.07 Å². The molecule has 0 radical (unpaired) electrons. The topological polar surface area (TPSA) is 35.8 Å². The standard InChI is InChI=1S/C7H8N2/c1-3-5-7(6-8)9-4-2/h3-5,9H,1-2H2/b7-5-. The van der Waals surface area contributed by atoms with Gasteiger partial charge in [0.1, 0.15) is 11.8 Å². The molecule has 2 heteroatoms. The van der Waals surface area contributed by atoms with Crippen molar-refractivity contribution in [1.29, 1.82) is 5.26 Å². The van der Waals surface area contributed by atoms with Gasteiger partial charge in [-0.25, -0.2) is 0 Å². The fourth-order valence-corrected chi connectivity index (χ4v) is 0.345. The maximum atomic E-state index is 8.31. The minimum atomic E-state index is 0.444. The van der Waals surface area contributed by atoms with E-state index in [4.69, 9.17) is 5.26 Å². The van der Waals surface area contributed by atoms with Crippen molar-refractivity contribution in [2.24, 2.45) is 0 Å². The van der Waals surface area contributed by atoms with E-state index in [0.29, 0.717) is 5.70 Å². The molecule has 1 N–H and O–H groups in total. The lowest BCUT2D eigenvalue weighted by atomic mass is 10.4. The molecule has 0 atom stereocenters. The Hall–Kier alpha value is -1.49. The quantitative estimate of drug-likeness (QED) is 0.450. The first-order valence-electron chi connectivity index (χ1n) is 2.45. The van der Waals surface area contributed by atoms with Crippen LogP contribution in [-0.2, 0) is 0 Å². The molecule has 0 aromatic carbocycles. The van der Waals surface area contributed by atoms with Crippen LogP contribution in [0.15, 0.2) is 37.2 Å². The summed E-state index contributed by atoms with van der Waals surface area (Å²) in [5.41, 5.74) is 0.444. The Labute approximate surface area is 54.8 Å². The highest BCUT2D eigenvalue weighted by Crippen LogP contribution is 1.84. The average molecular weight is 120 g/mol. The second-order valence-corrected chi connectivity index (χ2v) is 1.28. The van der Waals surface area contributed by atoms with Gasteiger partial charge in [0.2, 0.25) is 0 Å². The third kappa shape index (κ3) is 3.12. The molecule has 0 unspecified atom stereocenters. The molecule has 2 nitrogen and oxygen atoms in total. The zero-order valence-corrected chi connectivity index (χ0v) is 5.09.